The van der Waals surface area contributed by atoms with Crippen LogP contribution < -0.4 is 4.31 Å². The third-order valence-corrected chi connectivity index (χ3v) is 9.27. The predicted molar refractivity (Wildman–Crippen MR) is 138 cm³/mol. The highest BCUT2D eigenvalue weighted by Crippen LogP contribution is 2.37. The molecule has 0 amide bonds. The zero-order chi connectivity index (χ0) is 25.9. The van der Waals surface area contributed by atoms with E-state index in [4.69, 9.17) is 9.47 Å². The summed E-state index contributed by atoms with van der Waals surface area (Å²) in [6, 6.07) is 9.97. The Kier molecular flexibility index (Phi) is 8.15. The minimum Gasteiger partial charge on any atom is -0.465 e. The molecule has 2 aliphatic rings. The van der Waals surface area contributed by atoms with Crippen LogP contribution in [0.4, 0.5) is 5.69 Å². The van der Waals surface area contributed by atoms with Crippen LogP contribution in [0.2, 0.25) is 0 Å². The molecule has 2 aromatic carbocycles. The standard InChI is InChI=1S/C28H35NO6S/c1-4-19-6-11-26-21(16-19)7-8-22(5-2)29(26)36(32,33)23-9-10-24(25(18-23)28(31)34-3)27(30)17-20-12-14-35-15-13-20/h6,9-11,16,18,20,22H,4-5,7-8,12-15,17H2,1-3H3. The number of rotatable bonds is 8. The van der Waals surface area contributed by atoms with Crippen LogP contribution in [-0.2, 0) is 32.3 Å². The van der Waals surface area contributed by atoms with Crippen molar-refractivity contribution in [1.82, 2.24) is 0 Å². The summed E-state index contributed by atoms with van der Waals surface area (Å²) < 4.78 is 39.8. The average Bonchev–Trinajstić information content (AvgIpc) is 2.91. The van der Waals surface area contributed by atoms with Gasteiger partial charge in [-0.15, -0.1) is 0 Å². The topological polar surface area (TPSA) is 90.0 Å². The molecule has 2 aromatic rings. The SMILES string of the molecule is CCc1ccc2c(c1)CCC(CC)N2S(=O)(=O)c1ccc(C(=O)CC2CCOCC2)c(C(=O)OC)c1. The van der Waals surface area contributed by atoms with Crippen molar-refractivity contribution in [1.29, 1.82) is 0 Å². The van der Waals surface area contributed by atoms with E-state index in [0.29, 0.717) is 25.3 Å². The molecule has 0 N–H and O–H groups in total. The largest absolute Gasteiger partial charge is 0.465 e. The molecule has 4 rings (SSSR count). The highest BCUT2D eigenvalue weighted by molar-refractivity contribution is 7.92. The van der Waals surface area contributed by atoms with E-state index in [2.05, 4.69) is 13.0 Å². The molecule has 1 unspecified atom stereocenters. The Morgan fingerprint density at radius 2 is 1.78 bits per heavy atom. The van der Waals surface area contributed by atoms with E-state index in [-0.39, 0.29) is 40.2 Å². The van der Waals surface area contributed by atoms with E-state index >= 15 is 0 Å². The number of fused-ring (bicyclic) bond motifs is 1. The number of carbonyl (C=O) groups excluding carboxylic acids is 2. The van der Waals surface area contributed by atoms with E-state index in [9.17, 15) is 18.0 Å². The third-order valence-electron chi connectivity index (χ3n) is 7.41. The molecule has 0 radical (unpaired) electrons. The fourth-order valence-corrected chi connectivity index (χ4v) is 7.07. The van der Waals surface area contributed by atoms with Crippen molar-refractivity contribution in [2.24, 2.45) is 5.92 Å². The highest BCUT2D eigenvalue weighted by atomic mass is 32.2. The van der Waals surface area contributed by atoms with Crippen LogP contribution in [0.1, 0.15) is 77.8 Å². The van der Waals surface area contributed by atoms with E-state index in [1.807, 2.05) is 19.1 Å². The molecular weight excluding hydrogens is 478 g/mol. The Hall–Kier alpha value is -2.71. The second-order valence-electron chi connectivity index (χ2n) is 9.60. The first kappa shape index (κ1) is 26.4. The fraction of sp³-hybridized carbons (Fsp3) is 0.500. The summed E-state index contributed by atoms with van der Waals surface area (Å²) >= 11 is 0. The summed E-state index contributed by atoms with van der Waals surface area (Å²) in [7, 11) is -2.76. The first-order chi connectivity index (χ1) is 17.3. The minimum atomic E-state index is -3.99. The predicted octanol–water partition coefficient (Wildman–Crippen LogP) is 4.96. The number of nitrogens with zero attached hydrogens (tertiary/aromatic N) is 1. The Balaban J connectivity index is 1.73. The summed E-state index contributed by atoms with van der Waals surface area (Å²) in [6.45, 7) is 5.30. The molecule has 2 heterocycles. The van der Waals surface area contributed by atoms with Crippen molar-refractivity contribution >= 4 is 27.5 Å². The van der Waals surface area contributed by atoms with Crippen LogP contribution in [0.3, 0.4) is 0 Å². The maximum atomic E-state index is 14.0. The normalized spacial score (nSPS) is 18.5. The molecule has 1 atom stereocenters. The fourth-order valence-electron chi connectivity index (χ4n) is 5.25. The van der Waals surface area contributed by atoms with E-state index in [1.165, 1.54) is 35.2 Å². The molecule has 194 valence electrons. The second kappa shape index (κ2) is 11.1. The van der Waals surface area contributed by atoms with Gasteiger partial charge in [0.25, 0.3) is 10.0 Å². The Morgan fingerprint density at radius 3 is 2.44 bits per heavy atom. The van der Waals surface area contributed by atoms with Gasteiger partial charge < -0.3 is 9.47 Å². The van der Waals surface area contributed by atoms with Gasteiger partial charge >= 0.3 is 5.97 Å². The Morgan fingerprint density at radius 1 is 1.03 bits per heavy atom. The lowest BCUT2D eigenvalue weighted by Gasteiger charge is -2.37. The lowest BCUT2D eigenvalue weighted by atomic mass is 9.90. The third kappa shape index (κ3) is 5.20. The van der Waals surface area contributed by atoms with E-state index in [1.54, 1.807) is 0 Å². The summed E-state index contributed by atoms with van der Waals surface area (Å²) in [4.78, 5) is 25.8. The van der Waals surface area contributed by atoms with Crippen LogP contribution in [0, 0.1) is 5.92 Å². The number of aryl methyl sites for hydroxylation is 2. The highest BCUT2D eigenvalue weighted by Gasteiger charge is 2.36. The van der Waals surface area contributed by atoms with Gasteiger partial charge in [-0.2, -0.15) is 0 Å². The zero-order valence-electron chi connectivity index (χ0n) is 21.3. The lowest BCUT2D eigenvalue weighted by Crippen LogP contribution is -2.43. The van der Waals surface area contributed by atoms with E-state index in [0.717, 1.165) is 37.7 Å². The molecule has 8 heteroatoms. The summed E-state index contributed by atoms with van der Waals surface area (Å²) in [5.41, 5.74) is 3.05. The Bertz CT molecular complexity index is 1230. The average molecular weight is 514 g/mol. The van der Waals surface area contributed by atoms with E-state index < -0.39 is 16.0 Å². The van der Waals surface area contributed by atoms with Crippen LogP contribution in [0.15, 0.2) is 41.3 Å². The number of anilines is 1. The van der Waals surface area contributed by atoms with Gasteiger partial charge in [-0.25, -0.2) is 13.2 Å². The number of hydrogen-bond donors (Lipinski definition) is 0. The maximum Gasteiger partial charge on any atom is 0.338 e. The zero-order valence-corrected chi connectivity index (χ0v) is 22.1. The number of hydrogen-bond acceptors (Lipinski definition) is 6. The number of ether oxygens (including phenoxy) is 2. The van der Waals surface area contributed by atoms with Crippen LogP contribution in [0.25, 0.3) is 0 Å². The van der Waals surface area contributed by atoms with Gasteiger partial charge in [0, 0.05) is 31.2 Å². The van der Waals surface area contributed by atoms with Crippen LogP contribution in [0.5, 0.6) is 0 Å². The van der Waals surface area contributed by atoms with Crippen LogP contribution in [-0.4, -0.2) is 46.5 Å². The van der Waals surface area contributed by atoms with Gasteiger partial charge in [0.15, 0.2) is 5.78 Å². The van der Waals surface area contributed by atoms with Gasteiger partial charge in [0.2, 0.25) is 0 Å². The van der Waals surface area contributed by atoms with Gasteiger partial charge in [0.1, 0.15) is 0 Å². The molecule has 36 heavy (non-hydrogen) atoms. The minimum absolute atomic E-state index is 0.0118. The Labute approximate surface area is 213 Å². The molecule has 0 saturated carbocycles. The first-order valence-electron chi connectivity index (χ1n) is 12.8. The number of sulfonamides is 1. The summed E-state index contributed by atoms with van der Waals surface area (Å²) in [6.07, 6.45) is 4.96. The van der Waals surface area contributed by atoms with Crippen LogP contribution >= 0.6 is 0 Å². The number of methoxy groups -OCH3 is 1. The van der Waals surface area contributed by atoms with Gasteiger partial charge in [0.05, 0.1) is 23.3 Å². The number of benzene rings is 2. The van der Waals surface area contributed by atoms with Gasteiger partial charge in [-0.1, -0.05) is 26.0 Å². The summed E-state index contributed by atoms with van der Waals surface area (Å²) in [5.74, 6) is -0.725. The second-order valence-corrected chi connectivity index (χ2v) is 11.4. The van der Waals surface area contributed by atoms with Crippen molar-refractivity contribution in [3.05, 3.63) is 58.7 Å². The smallest absolute Gasteiger partial charge is 0.338 e. The molecule has 0 spiro atoms. The van der Waals surface area contributed by atoms with Crippen molar-refractivity contribution in [3.63, 3.8) is 0 Å². The molecule has 0 aliphatic carbocycles. The van der Waals surface area contributed by atoms with Crippen molar-refractivity contribution in [2.75, 3.05) is 24.6 Å². The molecule has 2 aliphatic heterocycles. The quantitative estimate of drug-likeness (QED) is 0.366. The van der Waals surface area contributed by atoms with Crippen molar-refractivity contribution in [2.45, 2.75) is 69.7 Å². The van der Waals surface area contributed by atoms with Gasteiger partial charge in [-0.05, 0) is 79.8 Å². The number of esters is 1. The molecule has 0 aromatic heterocycles. The lowest BCUT2D eigenvalue weighted by molar-refractivity contribution is 0.0576. The molecule has 1 saturated heterocycles. The number of carbonyl (C=O) groups is 2. The molecule has 7 nitrogen and oxygen atoms in total. The van der Waals surface area contributed by atoms with Crippen molar-refractivity contribution < 1.29 is 27.5 Å². The number of ketones is 1. The first-order valence-corrected chi connectivity index (χ1v) is 14.2. The number of Topliss-reactive ketones (excluding diaryl/α,β-unsaturated/α-hetero) is 1. The monoisotopic (exact) mass is 513 g/mol. The van der Waals surface area contributed by atoms with Crippen molar-refractivity contribution in [3.8, 4) is 0 Å². The van der Waals surface area contributed by atoms with Gasteiger partial charge in [-0.3, -0.25) is 9.10 Å². The molecule has 1 fully saturated rings. The molecular formula is C28H35NO6S. The maximum absolute atomic E-state index is 14.0. The summed E-state index contributed by atoms with van der Waals surface area (Å²) in [5, 5.41) is 0. The molecule has 0 bridgehead atoms.